The number of carbonyl (C=O) groups is 1. The topological polar surface area (TPSA) is 100 Å². The van der Waals surface area contributed by atoms with Crippen LogP contribution in [-0.2, 0) is 13.0 Å². The van der Waals surface area contributed by atoms with Crippen LogP contribution in [0, 0.1) is 11.2 Å². The molecule has 7 rings (SSSR count). The lowest BCUT2D eigenvalue weighted by atomic mass is 9.61. The molecule has 1 aliphatic carbocycles. The number of likely N-dealkylation sites (tertiary alicyclic amines) is 1. The van der Waals surface area contributed by atoms with Crippen molar-refractivity contribution in [2.45, 2.75) is 78.0 Å². The van der Waals surface area contributed by atoms with Gasteiger partial charge in [-0.3, -0.25) is 9.69 Å². The van der Waals surface area contributed by atoms with E-state index >= 15 is 0 Å². The lowest BCUT2D eigenvalue weighted by molar-refractivity contribution is -0.0374. The Balaban J connectivity index is 0.955. The van der Waals surface area contributed by atoms with Crippen molar-refractivity contribution >= 4 is 11.7 Å². The molecular weight excluding hydrogens is 611 g/mol. The zero-order valence-corrected chi connectivity index (χ0v) is 28.4. The van der Waals surface area contributed by atoms with E-state index in [1.165, 1.54) is 63.4 Å². The van der Waals surface area contributed by atoms with Gasteiger partial charge in [0.2, 0.25) is 5.88 Å². The second kappa shape index (κ2) is 13.9. The quantitative estimate of drug-likeness (QED) is 0.266. The van der Waals surface area contributed by atoms with Crippen molar-refractivity contribution in [3.05, 3.63) is 59.7 Å². The molecule has 0 radical (unpaired) electrons. The molecule has 3 fully saturated rings. The van der Waals surface area contributed by atoms with Gasteiger partial charge in [0.25, 0.3) is 5.91 Å². The van der Waals surface area contributed by atoms with Crippen molar-refractivity contribution in [2.75, 3.05) is 57.3 Å². The summed E-state index contributed by atoms with van der Waals surface area (Å²) in [5.74, 6) is 1.35. The molecule has 0 bridgehead atoms. The van der Waals surface area contributed by atoms with E-state index in [2.05, 4.69) is 34.6 Å². The van der Waals surface area contributed by atoms with Crippen LogP contribution < -0.4 is 14.4 Å². The number of carbonyl (C=O) groups excluding carboxylic acids is 1. The fourth-order valence-electron chi connectivity index (χ4n) is 7.90. The second-order valence-electron chi connectivity index (χ2n) is 14.2. The number of nitrogens with zero attached hydrogens (tertiary/aromatic N) is 8. The molecule has 5 heterocycles. The highest BCUT2D eigenvalue weighted by molar-refractivity contribution is 5.97. The van der Waals surface area contributed by atoms with Gasteiger partial charge in [0.05, 0.1) is 17.5 Å². The number of ether oxygens (including phenoxy) is 2. The molecule has 2 saturated heterocycles. The molecule has 2 aromatic heterocycles. The zero-order chi connectivity index (χ0) is 33.3. The van der Waals surface area contributed by atoms with Crippen LogP contribution in [0.4, 0.5) is 10.2 Å². The van der Waals surface area contributed by atoms with E-state index < -0.39 is 5.82 Å². The summed E-state index contributed by atoms with van der Waals surface area (Å²) in [5, 5.41) is 0. The van der Waals surface area contributed by atoms with Crippen molar-refractivity contribution in [1.29, 1.82) is 0 Å². The third-order valence-corrected chi connectivity index (χ3v) is 10.4. The van der Waals surface area contributed by atoms with Crippen LogP contribution in [0.1, 0.15) is 74.5 Å². The second-order valence-corrected chi connectivity index (χ2v) is 14.2. The molecular formula is C36H47FN8O3. The number of fused-ring (bicyclic) bond motifs is 1. The number of aromatic nitrogens is 4. The van der Waals surface area contributed by atoms with Crippen LogP contribution in [0.15, 0.2) is 37.1 Å². The Hall–Kier alpha value is -3.90. The Morgan fingerprint density at radius 1 is 1.04 bits per heavy atom. The van der Waals surface area contributed by atoms with Gasteiger partial charge in [-0.2, -0.15) is 0 Å². The van der Waals surface area contributed by atoms with Crippen molar-refractivity contribution in [1.82, 2.24) is 34.6 Å². The standard InChI is InChI=1S/C36H47FN8O3/c1-4-45(25(2)3)35(46)28-16-26(37)8-9-31(28)48-32-19-38-23-40-33(32)44-21-36(22-44)17-27(18-36)47-34-29-20-43(15-10-30(29)39-24-41-34)14-7-13-42-11-5-6-12-42/h8-9,16,19,23-25,27H,4-7,10-15,17-18,20-22H2,1-3H3. The minimum Gasteiger partial charge on any atom is -0.474 e. The molecule has 0 atom stereocenters. The SMILES string of the molecule is CCN(C(=O)c1cc(F)ccc1Oc1cncnc1N1CC2(CC(Oc3ncnc4c3CN(CCCN3CCCC3)CC4)C2)C1)C(C)C. The predicted molar refractivity (Wildman–Crippen MR) is 180 cm³/mol. The smallest absolute Gasteiger partial charge is 0.257 e. The molecule has 256 valence electrons. The average Bonchev–Trinajstić information content (AvgIpc) is 3.57. The lowest BCUT2D eigenvalue weighted by Crippen LogP contribution is -2.65. The number of anilines is 1. The van der Waals surface area contributed by atoms with Crippen molar-refractivity contribution in [3.63, 3.8) is 0 Å². The van der Waals surface area contributed by atoms with E-state index in [-0.39, 0.29) is 34.8 Å². The van der Waals surface area contributed by atoms with Gasteiger partial charge in [0.1, 0.15) is 30.3 Å². The van der Waals surface area contributed by atoms with E-state index in [4.69, 9.17) is 9.47 Å². The molecule has 12 heteroatoms. The molecule has 11 nitrogen and oxygen atoms in total. The molecule has 4 aliphatic rings. The first-order valence-electron chi connectivity index (χ1n) is 17.6. The van der Waals surface area contributed by atoms with Gasteiger partial charge in [-0.15, -0.1) is 0 Å². The van der Waals surface area contributed by atoms with Crippen molar-refractivity contribution < 1.29 is 18.7 Å². The summed E-state index contributed by atoms with van der Waals surface area (Å²) in [6, 6.07) is 4.00. The first-order chi connectivity index (χ1) is 23.3. The van der Waals surface area contributed by atoms with Gasteiger partial charge >= 0.3 is 0 Å². The van der Waals surface area contributed by atoms with E-state index in [9.17, 15) is 9.18 Å². The maximum absolute atomic E-state index is 14.3. The Bertz CT molecular complexity index is 1600. The number of benzene rings is 1. The van der Waals surface area contributed by atoms with Crippen LogP contribution in [0.2, 0.25) is 0 Å². The fraction of sp³-hybridized carbons (Fsp3) is 0.583. The van der Waals surface area contributed by atoms with Crippen LogP contribution in [-0.4, -0.2) is 105 Å². The highest BCUT2D eigenvalue weighted by Gasteiger charge is 2.54. The third kappa shape index (κ3) is 6.82. The van der Waals surface area contributed by atoms with Crippen LogP contribution in [0.5, 0.6) is 17.4 Å². The van der Waals surface area contributed by atoms with Crippen LogP contribution >= 0.6 is 0 Å². The fourth-order valence-corrected chi connectivity index (χ4v) is 7.90. The van der Waals surface area contributed by atoms with E-state index in [1.54, 1.807) is 17.4 Å². The van der Waals surface area contributed by atoms with Gasteiger partial charge in [-0.25, -0.2) is 24.3 Å². The molecule has 1 saturated carbocycles. The van der Waals surface area contributed by atoms with Crippen molar-refractivity contribution in [3.8, 4) is 17.4 Å². The highest BCUT2D eigenvalue weighted by atomic mass is 19.1. The number of hydrogen-bond donors (Lipinski definition) is 0. The Morgan fingerprint density at radius 2 is 1.83 bits per heavy atom. The number of hydrogen-bond acceptors (Lipinski definition) is 10. The molecule has 3 aliphatic heterocycles. The molecule has 0 N–H and O–H groups in total. The van der Waals surface area contributed by atoms with E-state index in [0.717, 1.165) is 69.1 Å². The van der Waals surface area contributed by atoms with Crippen LogP contribution in [0.25, 0.3) is 0 Å². The molecule has 1 aromatic carbocycles. The number of amides is 1. The molecule has 48 heavy (non-hydrogen) atoms. The zero-order valence-electron chi connectivity index (χ0n) is 28.4. The molecule has 1 amide bonds. The highest BCUT2D eigenvalue weighted by Crippen LogP contribution is 2.52. The summed E-state index contributed by atoms with van der Waals surface area (Å²) >= 11 is 0. The minimum atomic E-state index is -0.491. The normalized spacial score (nSPS) is 19.2. The number of rotatable bonds is 12. The van der Waals surface area contributed by atoms with E-state index in [1.807, 2.05) is 20.8 Å². The maximum atomic E-state index is 14.3. The monoisotopic (exact) mass is 658 g/mol. The first-order valence-corrected chi connectivity index (χ1v) is 17.6. The molecule has 1 spiro atoms. The minimum absolute atomic E-state index is 0.0364. The predicted octanol–water partition coefficient (Wildman–Crippen LogP) is 4.96. The van der Waals surface area contributed by atoms with Gasteiger partial charge in [0.15, 0.2) is 11.6 Å². The maximum Gasteiger partial charge on any atom is 0.257 e. The summed E-state index contributed by atoms with van der Waals surface area (Å²) in [6.45, 7) is 14.6. The van der Waals surface area contributed by atoms with Gasteiger partial charge in [0, 0.05) is 56.2 Å². The summed E-state index contributed by atoms with van der Waals surface area (Å²) in [6.07, 6.45) is 11.6. The summed E-state index contributed by atoms with van der Waals surface area (Å²) in [5.41, 5.74) is 2.60. The average molecular weight is 659 g/mol. The van der Waals surface area contributed by atoms with Gasteiger partial charge in [-0.05, 0) is 97.3 Å². The summed E-state index contributed by atoms with van der Waals surface area (Å²) < 4.78 is 27.1. The van der Waals surface area contributed by atoms with Gasteiger partial charge in [-0.1, -0.05) is 0 Å². The largest absolute Gasteiger partial charge is 0.474 e. The summed E-state index contributed by atoms with van der Waals surface area (Å²) in [4.78, 5) is 40.2. The summed E-state index contributed by atoms with van der Waals surface area (Å²) in [7, 11) is 0. The van der Waals surface area contributed by atoms with Crippen molar-refractivity contribution in [2.24, 2.45) is 5.41 Å². The molecule has 0 unspecified atom stereocenters. The van der Waals surface area contributed by atoms with Gasteiger partial charge < -0.3 is 24.2 Å². The van der Waals surface area contributed by atoms with E-state index in [0.29, 0.717) is 18.1 Å². The Morgan fingerprint density at radius 3 is 2.60 bits per heavy atom. The molecule has 3 aromatic rings. The first kappa shape index (κ1) is 32.6. The third-order valence-electron chi connectivity index (χ3n) is 10.4. The lowest BCUT2D eigenvalue weighted by Gasteiger charge is -2.58. The number of halogens is 1. The Labute approximate surface area is 282 Å². The Kier molecular flexibility index (Phi) is 9.46. The van der Waals surface area contributed by atoms with Crippen LogP contribution in [0.3, 0.4) is 0 Å².